The molecule has 4 aliphatic carbocycles. The van der Waals surface area contributed by atoms with E-state index in [1.807, 2.05) is 24.3 Å². The predicted molar refractivity (Wildman–Crippen MR) is 123 cm³/mol. The molecule has 8 rings (SSSR count). The fraction of sp³-hybridized carbons (Fsp3) is 0.250. The summed E-state index contributed by atoms with van der Waals surface area (Å²) in [6.45, 7) is 0. The van der Waals surface area contributed by atoms with Gasteiger partial charge >= 0.3 is 0 Å². The lowest BCUT2D eigenvalue weighted by Gasteiger charge is -2.45. The Morgan fingerprint density at radius 2 is 1.15 bits per heavy atom. The maximum absolute atomic E-state index is 13.8. The van der Waals surface area contributed by atoms with Crippen molar-refractivity contribution < 1.29 is 14.4 Å². The molecule has 0 unspecified atom stereocenters. The monoisotopic (exact) mass is 434 g/mol. The Hall–Kier alpha value is -3.73. The molecule has 33 heavy (non-hydrogen) atoms. The number of amides is 3. The third-order valence-electron chi connectivity index (χ3n) is 7.75. The lowest BCUT2D eigenvalue weighted by molar-refractivity contribution is -0.122. The predicted octanol–water partition coefficient (Wildman–Crippen LogP) is 3.98. The van der Waals surface area contributed by atoms with Crippen molar-refractivity contribution in [2.45, 2.75) is 30.7 Å². The van der Waals surface area contributed by atoms with Gasteiger partial charge < -0.3 is 5.32 Å². The van der Waals surface area contributed by atoms with Gasteiger partial charge in [-0.2, -0.15) is 0 Å². The molecule has 162 valence electrons. The van der Waals surface area contributed by atoms with Crippen molar-refractivity contribution in [1.29, 1.82) is 0 Å². The van der Waals surface area contributed by atoms with E-state index in [1.165, 1.54) is 4.90 Å². The standard InChI is InChI=1S/C28H22N2O3/c31-26(29-16-11-12-16)15-9-13-17(14-10-15)30-27(32)24-22-18-5-1-2-6-19(18)23(25(24)28(30)33)21-8-4-3-7-20(21)22/h1-10,13-14,16,22-25H,11-12H2,(H,29,31)/t22?,23?,24-,25-/m1/s1. The second-order valence-corrected chi connectivity index (χ2v) is 9.57. The number of hydrogen-bond donors (Lipinski definition) is 1. The summed E-state index contributed by atoms with van der Waals surface area (Å²) >= 11 is 0. The van der Waals surface area contributed by atoms with Crippen LogP contribution in [0.4, 0.5) is 5.69 Å². The number of nitrogens with zero attached hydrogens (tertiary/aromatic N) is 1. The quantitative estimate of drug-likeness (QED) is 0.635. The number of hydrogen-bond acceptors (Lipinski definition) is 3. The maximum Gasteiger partial charge on any atom is 0.251 e. The second kappa shape index (κ2) is 6.64. The van der Waals surface area contributed by atoms with Crippen LogP contribution in [0.2, 0.25) is 0 Å². The largest absolute Gasteiger partial charge is 0.349 e. The molecule has 1 aliphatic heterocycles. The van der Waals surface area contributed by atoms with Crippen molar-refractivity contribution in [3.05, 3.63) is 101 Å². The van der Waals surface area contributed by atoms with E-state index in [1.54, 1.807) is 24.3 Å². The fourth-order valence-electron chi connectivity index (χ4n) is 6.19. The molecule has 2 bridgehead atoms. The minimum atomic E-state index is -0.398. The van der Waals surface area contributed by atoms with Crippen molar-refractivity contribution in [3.63, 3.8) is 0 Å². The number of carbonyl (C=O) groups is 3. The molecule has 0 radical (unpaired) electrons. The highest BCUT2D eigenvalue weighted by Gasteiger charge is 2.61. The number of benzene rings is 3. The molecule has 1 saturated heterocycles. The summed E-state index contributed by atoms with van der Waals surface area (Å²) in [6.07, 6.45) is 2.05. The Labute approximate surface area is 191 Å². The van der Waals surface area contributed by atoms with E-state index >= 15 is 0 Å². The van der Waals surface area contributed by atoms with Gasteiger partial charge in [0.1, 0.15) is 0 Å². The molecule has 3 aromatic carbocycles. The van der Waals surface area contributed by atoms with E-state index in [9.17, 15) is 14.4 Å². The first kappa shape index (κ1) is 18.8. The van der Waals surface area contributed by atoms with Crippen LogP contribution in [0.15, 0.2) is 72.8 Å². The van der Waals surface area contributed by atoms with Crippen molar-refractivity contribution in [2.75, 3.05) is 4.90 Å². The molecule has 1 saturated carbocycles. The summed E-state index contributed by atoms with van der Waals surface area (Å²) in [5.74, 6) is -1.41. The molecule has 5 aliphatic rings. The van der Waals surface area contributed by atoms with Gasteiger partial charge in [0, 0.05) is 23.4 Å². The van der Waals surface area contributed by atoms with Crippen LogP contribution in [0.3, 0.4) is 0 Å². The topological polar surface area (TPSA) is 66.5 Å². The van der Waals surface area contributed by atoms with Crippen LogP contribution in [0.25, 0.3) is 0 Å². The Morgan fingerprint density at radius 3 is 1.58 bits per heavy atom. The number of carbonyl (C=O) groups excluding carboxylic acids is 3. The van der Waals surface area contributed by atoms with Gasteiger partial charge in [-0.25, -0.2) is 4.90 Å². The van der Waals surface area contributed by atoms with Crippen molar-refractivity contribution in [1.82, 2.24) is 5.32 Å². The van der Waals surface area contributed by atoms with Gasteiger partial charge in [0.25, 0.3) is 5.91 Å². The van der Waals surface area contributed by atoms with Crippen LogP contribution in [0, 0.1) is 11.8 Å². The second-order valence-electron chi connectivity index (χ2n) is 9.57. The third kappa shape index (κ3) is 2.56. The number of nitrogens with one attached hydrogen (secondary N) is 1. The first-order chi connectivity index (χ1) is 16.1. The molecular formula is C28H22N2O3. The minimum absolute atomic E-state index is 0.110. The van der Waals surface area contributed by atoms with E-state index in [2.05, 4.69) is 29.6 Å². The van der Waals surface area contributed by atoms with E-state index in [4.69, 9.17) is 0 Å². The van der Waals surface area contributed by atoms with Crippen LogP contribution in [0.1, 0.15) is 57.3 Å². The van der Waals surface area contributed by atoms with Gasteiger partial charge in [-0.1, -0.05) is 48.5 Å². The summed E-state index contributed by atoms with van der Waals surface area (Å²) < 4.78 is 0. The van der Waals surface area contributed by atoms with E-state index in [0.717, 1.165) is 35.1 Å². The van der Waals surface area contributed by atoms with Crippen LogP contribution >= 0.6 is 0 Å². The first-order valence-electron chi connectivity index (χ1n) is 11.6. The number of rotatable bonds is 3. The van der Waals surface area contributed by atoms with Crippen molar-refractivity contribution >= 4 is 23.4 Å². The van der Waals surface area contributed by atoms with Gasteiger partial charge in [-0.05, 0) is 59.4 Å². The van der Waals surface area contributed by atoms with Crippen LogP contribution < -0.4 is 10.2 Å². The molecule has 5 nitrogen and oxygen atoms in total. The van der Waals surface area contributed by atoms with E-state index in [0.29, 0.717) is 11.3 Å². The zero-order valence-electron chi connectivity index (χ0n) is 17.9. The molecule has 5 heteroatoms. The van der Waals surface area contributed by atoms with E-state index in [-0.39, 0.29) is 35.6 Å². The molecule has 1 N–H and O–H groups in total. The minimum Gasteiger partial charge on any atom is -0.349 e. The van der Waals surface area contributed by atoms with Gasteiger partial charge in [-0.15, -0.1) is 0 Å². The Morgan fingerprint density at radius 1 is 0.697 bits per heavy atom. The zero-order valence-corrected chi connectivity index (χ0v) is 17.9. The summed E-state index contributed by atoms with van der Waals surface area (Å²) in [4.78, 5) is 41.2. The van der Waals surface area contributed by atoms with Gasteiger partial charge in [0.05, 0.1) is 17.5 Å². The molecule has 0 aromatic heterocycles. The smallest absolute Gasteiger partial charge is 0.251 e. The molecule has 3 aromatic rings. The fourth-order valence-corrected chi connectivity index (χ4v) is 6.19. The van der Waals surface area contributed by atoms with Crippen molar-refractivity contribution in [3.8, 4) is 0 Å². The number of imide groups is 1. The molecule has 0 spiro atoms. The molecular weight excluding hydrogens is 412 g/mol. The SMILES string of the molecule is O=C(NC1CC1)c1ccc(N2C(=O)[C@@H]3C4c5ccccc5C(c5ccccc54)[C@H]3C2=O)cc1. The Balaban J connectivity index is 1.29. The summed E-state index contributed by atoms with van der Waals surface area (Å²) in [6, 6.07) is 23.6. The Bertz CT molecular complexity index is 1230. The lowest BCUT2D eigenvalue weighted by Crippen LogP contribution is -2.41. The highest BCUT2D eigenvalue weighted by Crippen LogP contribution is 2.61. The molecule has 2 fully saturated rings. The van der Waals surface area contributed by atoms with Crippen molar-refractivity contribution in [2.24, 2.45) is 11.8 Å². The lowest BCUT2D eigenvalue weighted by atomic mass is 9.55. The summed E-state index contributed by atoms with van der Waals surface area (Å²) in [5, 5.41) is 2.97. The van der Waals surface area contributed by atoms with Crippen LogP contribution in [-0.2, 0) is 9.59 Å². The summed E-state index contributed by atoms with van der Waals surface area (Å²) in [7, 11) is 0. The highest BCUT2D eigenvalue weighted by atomic mass is 16.2. The van der Waals surface area contributed by atoms with Crippen LogP contribution in [0.5, 0.6) is 0 Å². The molecule has 2 atom stereocenters. The van der Waals surface area contributed by atoms with Gasteiger partial charge in [0.15, 0.2) is 0 Å². The first-order valence-corrected chi connectivity index (χ1v) is 11.6. The summed E-state index contributed by atoms with van der Waals surface area (Å²) in [5.41, 5.74) is 5.74. The van der Waals surface area contributed by atoms with E-state index < -0.39 is 11.8 Å². The van der Waals surface area contributed by atoms with Gasteiger partial charge in [0.2, 0.25) is 11.8 Å². The van der Waals surface area contributed by atoms with Crippen LogP contribution in [-0.4, -0.2) is 23.8 Å². The highest BCUT2D eigenvalue weighted by molar-refractivity contribution is 6.23. The molecule has 3 amide bonds. The number of anilines is 1. The average Bonchev–Trinajstić information content (AvgIpc) is 3.63. The maximum atomic E-state index is 13.8. The van der Waals surface area contributed by atoms with Gasteiger partial charge in [-0.3, -0.25) is 14.4 Å². The average molecular weight is 434 g/mol. The Kier molecular flexibility index (Phi) is 3.78. The normalized spacial score (nSPS) is 26.6. The molecule has 1 heterocycles. The third-order valence-corrected chi connectivity index (χ3v) is 7.75. The zero-order chi connectivity index (χ0) is 22.3.